The SMILES string of the molecule is Cc1oc2c(c1C(=O)NCc1nnnn1-c1ccccc1)C(=O)CCC2. The van der Waals surface area contributed by atoms with Crippen LogP contribution in [0.4, 0.5) is 0 Å². The number of amides is 1. The molecule has 26 heavy (non-hydrogen) atoms. The first-order valence-corrected chi connectivity index (χ1v) is 8.41. The molecule has 2 heterocycles. The van der Waals surface area contributed by atoms with Crippen LogP contribution >= 0.6 is 0 Å². The average Bonchev–Trinajstić information content (AvgIpc) is 3.25. The smallest absolute Gasteiger partial charge is 0.255 e. The fraction of sp³-hybridized carbons (Fsp3) is 0.278. The third-order valence-corrected chi connectivity index (χ3v) is 4.41. The number of hydrogen-bond donors (Lipinski definition) is 1. The Morgan fingerprint density at radius 2 is 2.08 bits per heavy atom. The number of carbonyl (C=O) groups excluding carboxylic acids is 2. The summed E-state index contributed by atoms with van der Waals surface area (Å²) in [6.07, 6.45) is 1.88. The van der Waals surface area contributed by atoms with Gasteiger partial charge in [0.25, 0.3) is 5.91 Å². The molecule has 1 aliphatic rings. The number of Topliss-reactive ketones (excluding diaryl/α,β-unsaturated/α-hetero) is 1. The van der Waals surface area contributed by atoms with Gasteiger partial charge in [-0.15, -0.1) is 5.10 Å². The second-order valence-electron chi connectivity index (χ2n) is 6.13. The van der Waals surface area contributed by atoms with Gasteiger partial charge in [-0.2, -0.15) is 4.68 Å². The Hall–Kier alpha value is -3.29. The van der Waals surface area contributed by atoms with Gasteiger partial charge in [-0.3, -0.25) is 9.59 Å². The number of para-hydroxylation sites is 1. The summed E-state index contributed by atoms with van der Waals surface area (Å²) in [5.41, 5.74) is 1.55. The molecule has 0 bridgehead atoms. The van der Waals surface area contributed by atoms with Gasteiger partial charge < -0.3 is 9.73 Å². The molecule has 0 spiro atoms. The molecule has 8 heteroatoms. The van der Waals surface area contributed by atoms with Crippen LogP contribution in [0.15, 0.2) is 34.7 Å². The van der Waals surface area contributed by atoms with Crippen LogP contribution in [-0.2, 0) is 13.0 Å². The predicted octanol–water partition coefficient (Wildman–Crippen LogP) is 2.01. The van der Waals surface area contributed by atoms with E-state index in [0.717, 1.165) is 12.1 Å². The van der Waals surface area contributed by atoms with Gasteiger partial charge in [0.1, 0.15) is 11.5 Å². The first kappa shape index (κ1) is 16.2. The topological polar surface area (TPSA) is 103 Å². The van der Waals surface area contributed by atoms with Crippen molar-refractivity contribution in [3.8, 4) is 5.69 Å². The zero-order valence-electron chi connectivity index (χ0n) is 14.2. The van der Waals surface area contributed by atoms with Gasteiger partial charge >= 0.3 is 0 Å². The maximum absolute atomic E-state index is 12.7. The van der Waals surface area contributed by atoms with Crippen molar-refractivity contribution in [3.63, 3.8) is 0 Å². The zero-order chi connectivity index (χ0) is 18.1. The van der Waals surface area contributed by atoms with Crippen molar-refractivity contribution >= 4 is 11.7 Å². The molecular formula is C18H17N5O3. The van der Waals surface area contributed by atoms with Crippen LogP contribution in [0, 0.1) is 6.92 Å². The molecule has 4 rings (SSSR count). The first-order chi connectivity index (χ1) is 12.6. The Balaban J connectivity index is 1.56. The molecule has 8 nitrogen and oxygen atoms in total. The van der Waals surface area contributed by atoms with E-state index < -0.39 is 0 Å². The minimum atomic E-state index is -0.356. The minimum Gasteiger partial charge on any atom is -0.465 e. The van der Waals surface area contributed by atoms with E-state index in [4.69, 9.17) is 4.42 Å². The van der Waals surface area contributed by atoms with Crippen molar-refractivity contribution in [2.24, 2.45) is 0 Å². The van der Waals surface area contributed by atoms with E-state index in [2.05, 4.69) is 20.8 Å². The molecule has 0 unspecified atom stereocenters. The molecule has 3 aromatic rings. The number of fused-ring (bicyclic) bond motifs is 1. The summed E-state index contributed by atoms with van der Waals surface area (Å²) in [7, 11) is 0. The molecule has 0 aliphatic heterocycles. The second-order valence-corrected chi connectivity index (χ2v) is 6.13. The lowest BCUT2D eigenvalue weighted by molar-refractivity contribution is 0.0925. The summed E-state index contributed by atoms with van der Waals surface area (Å²) in [4.78, 5) is 24.9. The maximum Gasteiger partial charge on any atom is 0.255 e. The Labute approximate surface area is 149 Å². The quantitative estimate of drug-likeness (QED) is 0.771. The normalized spacial score (nSPS) is 13.5. The molecule has 1 amide bonds. The summed E-state index contributed by atoms with van der Waals surface area (Å²) in [5.74, 6) is 1.17. The number of hydrogen-bond acceptors (Lipinski definition) is 6. The monoisotopic (exact) mass is 351 g/mol. The van der Waals surface area contributed by atoms with E-state index in [1.54, 1.807) is 11.6 Å². The molecule has 0 saturated carbocycles. The largest absolute Gasteiger partial charge is 0.465 e. The number of furan rings is 1. The highest BCUT2D eigenvalue weighted by Gasteiger charge is 2.30. The number of tetrazole rings is 1. The Kier molecular flexibility index (Phi) is 4.08. The third-order valence-electron chi connectivity index (χ3n) is 4.41. The van der Waals surface area contributed by atoms with E-state index in [0.29, 0.717) is 41.3 Å². The summed E-state index contributed by atoms with van der Waals surface area (Å²) in [6, 6.07) is 9.41. The van der Waals surface area contributed by atoms with E-state index in [1.807, 2.05) is 30.3 Å². The number of nitrogens with one attached hydrogen (secondary N) is 1. The lowest BCUT2D eigenvalue weighted by atomic mass is 9.93. The van der Waals surface area contributed by atoms with Gasteiger partial charge in [-0.05, 0) is 35.9 Å². The van der Waals surface area contributed by atoms with Crippen molar-refractivity contribution in [1.82, 2.24) is 25.5 Å². The fourth-order valence-electron chi connectivity index (χ4n) is 3.21. The summed E-state index contributed by atoms with van der Waals surface area (Å²) in [5, 5.41) is 14.4. The standard InChI is InChI=1S/C18H17N5O3/c1-11-16(17-13(24)8-5-9-14(17)26-11)18(25)19-10-15-20-21-22-23(15)12-6-3-2-4-7-12/h2-4,6-7H,5,8-10H2,1H3,(H,19,25). The number of ketones is 1. The van der Waals surface area contributed by atoms with Gasteiger partial charge in [-0.1, -0.05) is 18.2 Å². The van der Waals surface area contributed by atoms with Gasteiger partial charge in [0, 0.05) is 12.8 Å². The van der Waals surface area contributed by atoms with Gasteiger partial charge in [0.15, 0.2) is 11.6 Å². The van der Waals surface area contributed by atoms with E-state index >= 15 is 0 Å². The van der Waals surface area contributed by atoms with Crippen LogP contribution in [0.5, 0.6) is 0 Å². The summed E-state index contributed by atoms with van der Waals surface area (Å²) < 4.78 is 7.19. The first-order valence-electron chi connectivity index (χ1n) is 8.41. The molecule has 1 aromatic carbocycles. The second kappa shape index (κ2) is 6.55. The number of rotatable bonds is 4. The fourth-order valence-corrected chi connectivity index (χ4v) is 3.21. The van der Waals surface area contributed by atoms with Crippen LogP contribution < -0.4 is 5.32 Å². The van der Waals surface area contributed by atoms with E-state index in [-0.39, 0.29) is 18.2 Å². The third kappa shape index (κ3) is 2.79. The molecule has 2 aromatic heterocycles. The molecule has 132 valence electrons. The van der Waals surface area contributed by atoms with E-state index in [9.17, 15) is 9.59 Å². The molecule has 0 radical (unpaired) electrons. The summed E-state index contributed by atoms with van der Waals surface area (Å²) in [6.45, 7) is 1.84. The van der Waals surface area contributed by atoms with Crippen molar-refractivity contribution in [1.29, 1.82) is 0 Å². The van der Waals surface area contributed by atoms with Crippen molar-refractivity contribution in [3.05, 3.63) is 58.8 Å². The van der Waals surface area contributed by atoms with Crippen molar-refractivity contribution in [2.45, 2.75) is 32.7 Å². The number of aromatic nitrogens is 4. The van der Waals surface area contributed by atoms with Crippen LogP contribution in [0.3, 0.4) is 0 Å². The Morgan fingerprint density at radius 3 is 2.88 bits per heavy atom. The van der Waals surface area contributed by atoms with Crippen molar-refractivity contribution in [2.75, 3.05) is 0 Å². The van der Waals surface area contributed by atoms with Crippen LogP contribution in [0.1, 0.15) is 50.9 Å². The van der Waals surface area contributed by atoms with Gasteiger partial charge in [0.05, 0.1) is 23.4 Å². The predicted molar refractivity (Wildman–Crippen MR) is 91.0 cm³/mol. The Morgan fingerprint density at radius 1 is 1.27 bits per heavy atom. The van der Waals surface area contributed by atoms with E-state index in [1.165, 1.54) is 0 Å². The minimum absolute atomic E-state index is 0.0395. The summed E-state index contributed by atoms with van der Waals surface area (Å²) >= 11 is 0. The van der Waals surface area contributed by atoms with Crippen LogP contribution in [0.2, 0.25) is 0 Å². The molecule has 1 aliphatic carbocycles. The average molecular weight is 351 g/mol. The lowest BCUT2D eigenvalue weighted by Gasteiger charge is -2.10. The highest BCUT2D eigenvalue weighted by atomic mass is 16.3. The highest BCUT2D eigenvalue weighted by molar-refractivity contribution is 6.09. The molecule has 0 fully saturated rings. The van der Waals surface area contributed by atoms with Crippen LogP contribution in [-0.4, -0.2) is 31.9 Å². The van der Waals surface area contributed by atoms with Gasteiger partial charge in [0.2, 0.25) is 0 Å². The lowest BCUT2D eigenvalue weighted by Crippen LogP contribution is -2.27. The number of nitrogens with zero attached hydrogens (tertiary/aromatic N) is 4. The number of benzene rings is 1. The number of aryl methyl sites for hydroxylation is 2. The zero-order valence-corrected chi connectivity index (χ0v) is 14.2. The Bertz CT molecular complexity index is 974. The maximum atomic E-state index is 12.7. The molecule has 0 atom stereocenters. The molecule has 1 N–H and O–H groups in total. The highest BCUT2D eigenvalue weighted by Crippen LogP contribution is 2.29. The van der Waals surface area contributed by atoms with Crippen LogP contribution in [0.25, 0.3) is 5.69 Å². The molecular weight excluding hydrogens is 334 g/mol. The van der Waals surface area contributed by atoms with Gasteiger partial charge in [-0.25, -0.2) is 0 Å². The number of carbonyl (C=O) groups is 2. The molecule has 0 saturated heterocycles. The van der Waals surface area contributed by atoms with Crippen molar-refractivity contribution < 1.29 is 14.0 Å².